The molecule has 122 valence electrons. The van der Waals surface area contributed by atoms with Gasteiger partial charge in [-0.15, -0.1) is 10.2 Å². The quantitative estimate of drug-likeness (QED) is 0.678. The number of pyridine rings is 1. The van der Waals surface area contributed by atoms with E-state index in [1.54, 1.807) is 6.20 Å². The van der Waals surface area contributed by atoms with Crippen LogP contribution in [0, 0.1) is 12.8 Å². The molecule has 1 amide bonds. The molecule has 0 bridgehead atoms. The summed E-state index contributed by atoms with van der Waals surface area (Å²) in [5.41, 5.74) is 1.10. The van der Waals surface area contributed by atoms with Crippen LogP contribution in [0.4, 0.5) is 17.5 Å². The zero-order chi connectivity index (χ0) is 16.7. The van der Waals surface area contributed by atoms with Gasteiger partial charge in [-0.25, -0.2) is 4.98 Å². The molecule has 7 heteroatoms. The summed E-state index contributed by atoms with van der Waals surface area (Å²) < 4.78 is 0. The summed E-state index contributed by atoms with van der Waals surface area (Å²) in [6.45, 7) is 6.86. The number of amides is 1. The summed E-state index contributed by atoms with van der Waals surface area (Å²) in [6, 6.07) is 7.52. The SMILES string of the molecule is Cc1ccc(Nc2ccc(NCCNC(=O)C(C)C)nn2)nc1. The first-order chi connectivity index (χ1) is 11.0. The van der Waals surface area contributed by atoms with Gasteiger partial charge >= 0.3 is 0 Å². The summed E-state index contributed by atoms with van der Waals surface area (Å²) in [4.78, 5) is 15.7. The molecule has 0 radical (unpaired) electrons. The minimum Gasteiger partial charge on any atom is -0.367 e. The van der Waals surface area contributed by atoms with E-state index in [1.165, 1.54) is 0 Å². The third-order valence-electron chi connectivity index (χ3n) is 3.09. The Morgan fingerprint density at radius 1 is 1.04 bits per heavy atom. The Hall–Kier alpha value is -2.70. The fraction of sp³-hybridized carbons (Fsp3) is 0.375. The highest BCUT2D eigenvalue weighted by atomic mass is 16.1. The van der Waals surface area contributed by atoms with Gasteiger partial charge in [-0.2, -0.15) is 0 Å². The molecule has 0 spiro atoms. The number of carbonyl (C=O) groups is 1. The van der Waals surface area contributed by atoms with Gasteiger partial charge in [0.15, 0.2) is 5.82 Å². The third kappa shape index (κ3) is 5.54. The molecule has 0 saturated carbocycles. The monoisotopic (exact) mass is 314 g/mol. The number of carbonyl (C=O) groups excluding carboxylic acids is 1. The number of hydrogen-bond acceptors (Lipinski definition) is 6. The van der Waals surface area contributed by atoms with Crippen molar-refractivity contribution in [2.45, 2.75) is 20.8 Å². The number of aryl methyl sites for hydroxylation is 1. The van der Waals surface area contributed by atoms with Crippen LogP contribution in [-0.4, -0.2) is 34.2 Å². The van der Waals surface area contributed by atoms with E-state index in [0.29, 0.717) is 24.7 Å². The second-order valence-electron chi connectivity index (χ2n) is 5.52. The van der Waals surface area contributed by atoms with Gasteiger partial charge in [0, 0.05) is 25.2 Å². The molecule has 0 aliphatic rings. The van der Waals surface area contributed by atoms with E-state index in [1.807, 2.05) is 45.0 Å². The maximum absolute atomic E-state index is 11.4. The normalized spacial score (nSPS) is 10.4. The van der Waals surface area contributed by atoms with Gasteiger partial charge in [-0.05, 0) is 30.7 Å². The molecular formula is C16H22N6O. The minimum absolute atomic E-state index is 0.00414. The van der Waals surface area contributed by atoms with Crippen LogP contribution >= 0.6 is 0 Å². The Kier molecular flexibility index (Phi) is 5.85. The van der Waals surface area contributed by atoms with Crippen molar-refractivity contribution >= 4 is 23.4 Å². The molecule has 0 fully saturated rings. The predicted molar refractivity (Wildman–Crippen MR) is 90.6 cm³/mol. The van der Waals surface area contributed by atoms with Crippen molar-refractivity contribution in [3.63, 3.8) is 0 Å². The van der Waals surface area contributed by atoms with Crippen LogP contribution in [0.3, 0.4) is 0 Å². The molecule has 0 saturated heterocycles. The van der Waals surface area contributed by atoms with Crippen molar-refractivity contribution in [3.8, 4) is 0 Å². The molecule has 2 aromatic heterocycles. The second-order valence-corrected chi connectivity index (χ2v) is 5.52. The van der Waals surface area contributed by atoms with Gasteiger partial charge in [0.2, 0.25) is 5.91 Å². The zero-order valence-electron chi connectivity index (χ0n) is 13.6. The first-order valence-electron chi connectivity index (χ1n) is 7.59. The van der Waals surface area contributed by atoms with Gasteiger partial charge in [-0.3, -0.25) is 4.79 Å². The standard InChI is InChI=1S/C16H22N6O/c1-11(2)16(23)18-9-8-17-14-6-7-15(22-21-14)20-13-5-4-12(3)10-19-13/h4-7,10-11H,8-9H2,1-3H3,(H,17,21)(H,18,23)(H,19,20,22). The van der Waals surface area contributed by atoms with Gasteiger partial charge in [0.05, 0.1) is 0 Å². The van der Waals surface area contributed by atoms with E-state index in [-0.39, 0.29) is 11.8 Å². The Morgan fingerprint density at radius 3 is 2.35 bits per heavy atom. The first-order valence-corrected chi connectivity index (χ1v) is 7.59. The van der Waals surface area contributed by atoms with Crippen molar-refractivity contribution in [1.29, 1.82) is 0 Å². The van der Waals surface area contributed by atoms with E-state index in [2.05, 4.69) is 31.1 Å². The topological polar surface area (TPSA) is 91.8 Å². The van der Waals surface area contributed by atoms with Crippen molar-refractivity contribution in [2.24, 2.45) is 5.92 Å². The number of rotatable bonds is 7. The fourth-order valence-electron chi connectivity index (χ4n) is 1.75. The highest BCUT2D eigenvalue weighted by molar-refractivity contribution is 5.77. The van der Waals surface area contributed by atoms with E-state index < -0.39 is 0 Å². The lowest BCUT2D eigenvalue weighted by molar-refractivity contribution is -0.123. The smallest absolute Gasteiger partial charge is 0.222 e. The van der Waals surface area contributed by atoms with Crippen molar-refractivity contribution in [2.75, 3.05) is 23.7 Å². The summed E-state index contributed by atoms with van der Waals surface area (Å²) in [5, 5.41) is 17.2. The van der Waals surface area contributed by atoms with Crippen LogP contribution in [0.5, 0.6) is 0 Å². The maximum atomic E-state index is 11.4. The number of aromatic nitrogens is 3. The van der Waals surface area contributed by atoms with Crippen LogP contribution < -0.4 is 16.0 Å². The highest BCUT2D eigenvalue weighted by Crippen LogP contribution is 2.12. The van der Waals surface area contributed by atoms with Crippen molar-refractivity contribution in [3.05, 3.63) is 36.0 Å². The van der Waals surface area contributed by atoms with Crippen molar-refractivity contribution < 1.29 is 4.79 Å². The number of anilines is 3. The lowest BCUT2D eigenvalue weighted by Crippen LogP contribution is -2.32. The molecular weight excluding hydrogens is 292 g/mol. The number of hydrogen-bond donors (Lipinski definition) is 3. The van der Waals surface area contributed by atoms with E-state index in [4.69, 9.17) is 0 Å². The molecule has 3 N–H and O–H groups in total. The molecule has 2 rings (SSSR count). The summed E-state index contributed by atoms with van der Waals surface area (Å²) in [7, 11) is 0. The van der Waals surface area contributed by atoms with Gasteiger partial charge < -0.3 is 16.0 Å². The average Bonchev–Trinajstić information content (AvgIpc) is 2.55. The molecule has 0 aliphatic heterocycles. The second kappa shape index (κ2) is 8.07. The molecule has 2 heterocycles. The first kappa shape index (κ1) is 16.7. The molecule has 0 aromatic carbocycles. The Bertz CT molecular complexity index is 624. The van der Waals surface area contributed by atoms with Crippen LogP contribution in [0.15, 0.2) is 30.5 Å². The Labute approximate surface area is 135 Å². The summed E-state index contributed by atoms with van der Waals surface area (Å²) in [6.07, 6.45) is 1.79. The van der Waals surface area contributed by atoms with Crippen LogP contribution in [-0.2, 0) is 4.79 Å². The predicted octanol–water partition coefficient (Wildman–Crippen LogP) is 2.11. The third-order valence-corrected chi connectivity index (χ3v) is 3.09. The lowest BCUT2D eigenvalue weighted by Gasteiger charge is -2.09. The number of nitrogens with one attached hydrogen (secondary N) is 3. The zero-order valence-corrected chi connectivity index (χ0v) is 13.6. The molecule has 0 unspecified atom stereocenters. The van der Waals surface area contributed by atoms with Crippen LogP contribution in [0.1, 0.15) is 19.4 Å². The largest absolute Gasteiger partial charge is 0.367 e. The van der Waals surface area contributed by atoms with Crippen LogP contribution in [0.2, 0.25) is 0 Å². The number of nitrogens with zero attached hydrogens (tertiary/aromatic N) is 3. The van der Waals surface area contributed by atoms with Gasteiger partial charge in [0.1, 0.15) is 11.6 Å². The van der Waals surface area contributed by atoms with Gasteiger partial charge in [-0.1, -0.05) is 19.9 Å². The fourth-order valence-corrected chi connectivity index (χ4v) is 1.75. The van der Waals surface area contributed by atoms with Crippen molar-refractivity contribution in [1.82, 2.24) is 20.5 Å². The molecule has 2 aromatic rings. The average molecular weight is 314 g/mol. The van der Waals surface area contributed by atoms with E-state index >= 15 is 0 Å². The molecule has 7 nitrogen and oxygen atoms in total. The lowest BCUT2D eigenvalue weighted by atomic mass is 10.2. The molecule has 0 atom stereocenters. The van der Waals surface area contributed by atoms with Crippen LogP contribution in [0.25, 0.3) is 0 Å². The Morgan fingerprint density at radius 2 is 1.74 bits per heavy atom. The van der Waals surface area contributed by atoms with E-state index in [0.717, 1.165) is 11.4 Å². The maximum Gasteiger partial charge on any atom is 0.222 e. The summed E-state index contributed by atoms with van der Waals surface area (Å²) in [5.74, 6) is 2.05. The molecule has 0 aliphatic carbocycles. The highest BCUT2D eigenvalue weighted by Gasteiger charge is 2.05. The Balaban J connectivity index is 1.78. The molecule has 23 heavy (non-hydrogen) atoms. The van der Waals surface area contributed by atoms with E-state index in [9.17, 15) is 4.79 Å². The summed E-state index contributed by atoms with van der Waals surface area (Å²) >= 11 is 0. The van der Waals surface area contributed by atoms with Gasteiger partial charge in [0.25, 0.3) is 0 Å². The minimum atomic E-state index is -0.00414.